The number of nitrogens with zero attached hydrogens (tertiary/aromatic N) is 3. The lowest BCUT2D eigenvalue weighted by Crippen LogP contribution is -2.34. The van der Waals surface area contributed by atoms with E-state index in [-0.39, 0.29) is 6.10 Å². The van der Waals surface area contributed by atoms with Crippen LogP contribution in [0, 0.1) is 0 Å². The molecule has 0 radical (unpaired) electrons. The summed E-state index contributed by atoms with van der Waals surface area (Å²) in [6.07, 6.45) is 3.51. The first kappa shape index (κ1) is 15.8. The van der Waals surface area contributed by atoms with Crippen LogP contribution >= 0.6 is 31.9 Å². The van der Waals surface area contributed by atoms with Crippen LogP contribution in [0.1, 0.15) is 31.2 Å². The van der Waals surface area contributed by atoms with Crippen LogP contribution in [0.3, 0.4) is 0 Å². The minimum Gasteiger partial charge on any atom is -0.393 e. The quantitative estimate of drug-likeness (QED) is 0.439. The van der Waals surface area contributed by atoms with Gasteiger partial charge in [-0.15, -0.1) is 0 Å². The number of aliphatic hydroxyl groups is 1. The van der Waals surface area contributed by atoms with E-state index in [4.69, 9.17) is 5.53 Å². The number of rotatable bonds is 4. The third-order valence-electron chi connectivity index (χ3n) is 3.53. The highest BCUT2D eigenvalue weighted by atomic mass is 79.9. The molecule has 108 valence electrons. The van der Waals surface area contributed by atoms with Gasteiger partial charge in [-0.25, -0.2) is 0 Å². The summed E-state index contributed by atoms with van der Waals surface area (Å²) in [5.41, 5.74) is 10.2. The molecule has 0 spiro atoms. The van der Waals surface area contributed by atoms with Crippen LogP contribution < -0.4 is 5.32 Å². The summed E-state index contributed by atoms with van der Waals surface area (Å²) in [5.74, 6) is 0. The molecule has 1 aromatic carbocycles. The Hall–Kier alpha value is -0.590. The Morgan fingerprint density at radius 3 is 2.65 bits per heavy atom. The first-order valence-electron chi connectivity index (χ1n) is 6.54. The van der Waals surface area contributed by atoms with Gasteiger partial charge in [-0.2, -0.15) is 0 Å². The fourth-order valence-corrected chi connectivity index (χ4v) is 3.84. The van der Waals surface area contributed by atoms with Gasteiger partial charge in [0.2, 0.25) is 0 Å². The van der Waals surface area contributed by atoms with Gasteiger partial charge < -0.3 is 10.4 Å². The van der Waals surface area contributed by atoms with E-state index >= 15 is 0 Å². The van der Waals surface area contributed by atoms with E-state index < -0.39 is 0 Å². The maximum Gasteiger partial charge on any atom is 0.0563 e. The van der Waals surface area contributed by atoms with Gasteiger partial charge in [0.25, 0.3) is 0 Å². The zero-order chi connectivity index (χ0) is 14.5. The van der Waals surface area contributed by atoms with E-state index in [1.54, 1.807) is 0 Å². The molecular weight excluding hydrogens is 388 g/mol. The van der Waals surface area contributed by atoms with E-state index in [0.29, 0.717) is 18.3 Å². The summed E-state index contributed by atoms with van der Waals surface area (Å²) >= 11 is 6.86. The molecule has 1 aliphatic rings. The molecule has 0 aromatic heterocycles. The fourth-order valence-electron chi connectivity index (χ4n) is 2.44. The van der Waals surface area contributed by atoms with Crippen molar-refractivity contribution in [2.75, 3.05) is 0 Å². The van der Waals surface area contributed by atoms with Crippen LogP contribution in [-0.2, 0) is 6.54 Å². The Kier molecular flexibility index (Phi) is 5.86. The van der Waals surface area contributed by atoms with Crippen LogP contribution in [0.5, 0.6) is 0 Å². The van der Waals surface area contributed by atoms with Gasteiger partial charge in [-0.3, -0.25) is 0 Å². The molecule has 1 saturated carbocycles. The van der Waals surface area contributed by atoms with Crippen LogP contribution in [0.25, 0.3) is 10.4 Å². The Bertz CT molecular complexity index is 523. The molecule has 5 nitrogen and oxygen atoms in total. The van der Waals surface area contributed by atoms with Crippen LogP contribution in [-0.4, -0.2) is 17.3 Å². The van der Waals surface area contributed by atoms with Crippen LogP contribution in [0.4, 0.5) is 5.69 Å². The van der Waals surface area contributed by atoms with Gasteiger partial charge in [-0.1, -0.05) is 37.0 Å². The zero-order valence-electron chi connectivity index (χ0n) is 10.9. The zero-order valence-corrected chi connectivity index (χ0v) is 14.1. The highest BCUT2D eigenvalue weighted by molar-refractivity contribution is 9.11. The lowest BCUT2D eigenvalue weighted by atomic mass is 9.93. The van der Waals surface area contributed by atoms with E-state index in [1.165, 1.54) is 0 Å². The van der Waals surface area contributed by atoms with Gasteiger partial charge in [-0.05, 0) is 48.9 Å². The monoisotopic (exact) mass is 402 g/mol. The van der Waals surface area contributed by atoms with Gasteiger partial charge in [0.05, 0.1) is 11.8 Å². The molecule has 2 rings (SSSR count). The summed E-state index contributed by atoms with van der Waals surface area (Å²) in [6.45, 7) is 0.646. The molecule has 0 unspecified atom stereocenters. The lowest BCUT2D eigenvalue weighted by Gasteiger charge is -2.26. The molecule has 20 heavy (non-hydrogen) atoms. The molecule has 0 atom stereocenters. The maximum absolute atomic E-state index is 9.50. The predicted molar refractivity (Wildman–Crippen MR) is 85.8 cm³/mol. The highest BCUT2D eigenvalue weighted by Gasteiger charge is 2.19. The molecule has 0 bridgehead atoms. The smallest absolute Gasteiger partial charge is 0.0563 e. The van der Waals surface area contributed by atoms with Crippen molar-refractivity contribution in [1.82, 2.24) is 5.32 Å². The Labute approximate surface area is 134 Å². The van der Waals surface area contributed by atoms with Crippen molar-refractivity contribution in [3.63, 3.8) is 0 Å². The number of hydrogen-bond acceptors (Lipinski definition) is 3. The summed E-state index contributed by atoms with van der Waals surface area (Å²) in [4.78, 5) is 2.88. The second-order valence-corrected chi connectivity index (χ2v) is 6.74. The SMILES string of the molecule is [N-]=[N+]=Nc1c(Br)cc(Br)cc1CNC1CCC(O)CC1. The van der Waals surface area contributed by atoms with Crippen molar-refractivity contribution in [3.8, 4) is 0 Å². The Morgan fingerprint density at radius 1 is 1.30 bits per heavy atom. The number of aliphatic hydroxyl groups excluding tert-OH is 1. The minimum absolute atomic E-state index is 0.146. The van der Waals surface area contributed by atoms with Crippen molar-refractivity contribution in [1.29, 1.82) is 0 Å². The van der Waals surface area contributed by atoms with Gasteiger partial charge in [0.1, 0.15) is 0 Å². The molecule has 1 aliphatic carbocycles. The van der Waals surface area contributed by atoms with E-state index in [1.807, 2.05) is 12.1 Å². The summed E-state index contributed by atoms with van der Waals surface area (Å²) in [7, 11) is 0. The first-order chi connectivity index (χ1) is 9.60. The van der Waals surface area contributed by atoms with Crippen molar-refractivity contribution in [2.45, 2.75) is 44.4 Å². The highest BCUT2D eigenvalue weighted by Crippen LogP contribution is 2.33. The summed E-state index contributed by atoms with van der Waals surface area (Å²) in [5, 5.41) is 16.7. The molecule has 1 aromatic rings. The third-order valence-corrected chi connectivity index (χ3v) is 4.59. The summed E-state index contributed by atoms with van der Waals surface area (Å²) < 4.78 is 1.72. The van der Waals surface area contributed by atoms with Gasteiger partial charge >= 0.3 is 0 Å². The van der Waals surface area contributed by atoms with E-state index in [0.717, 1.165) is 40.2 Å². The number of azide groups is 1. The molecule has 0 aliphatic heterocycles. The van der Waals surface area contributed by atoms with Crippen molar-refractivity contribution >= 4 is 37.5 Å². The second kappa shape index (κ2) is 7.43. The fraction of sp³-hybridized carbons (Fsp3) is 0.538. The molecular formula is C13H16Br2N4O. The van der Waals surface area contributed by atoms with E-state index in [9.17, 15) is 5.11 Å². The van der Waals surface area contributed by atoms with Gasteiger partial charge in [0, 0.05) is 26.4 Å². The molecule has 1 fully saturated rings. The number of hydrogen-bond donors (Lipinski definition) is 2. The average molecular weight is 404 g/mol. The van der Waals surface area contributed by atoms with E-state index in [2.05, 4.69) is 47.2 Å². The Morgan fingerprint density at radius 2 is 2.00 bits per heavy atom. The predicted octanol–water partition coefficient (Wildman–Crippen LogP) is 4.55. The van der Waals surface area contributed by atoms with Crippen molar-refractivity contribution in [3.05, 3.63) is 37.1 Å². The molecule has 2 N–H and O–H groups in total. The lowest BCUT2D eigenvalue weighted by molar-refractivity contribution is 0.116. The number of benzene rings is 1. The number of halogens is 2. The molecule has 0 heterocycles. The largest absolute Gasteiger partial charge is 0.393 e. The molecule has 0 amide bonds. The van der Waals surface area contributed by atoms with Crippen LogP contribution in [0.2, 0.25) is 0 Å². The maximum atomic E-state index is 9.50. The topological polar surface area (TPSA) is 81.0 Å². The Balaban J connectivity index is 2.06. The van der Waals surface area contributed by atoms with Gasteiger partial charge in [0.15, 0.2) is 0 Å². The molecule has 7 heteroatoms. The van der Waals surface area contributed by atoms with Crippen LogP contribution in [0.15, 0.2) is 26.2 Å². The standard InChI is InChI=1S/C13H16Br2N4O/c14-9-5-8(13(18-19-16)12(15)6-9)7-17-10-1-3-11(20)4-2-10/h5-6,10-11,17,20H,1-4,7H2. The average Bonchev–Trinajstić information content (AvgIpc) is 2.41. The molecule has 0 saturated heterocycles. The second-order valence-electron chi connectivity index (χ2n) is 4.97. The van der Waals surface area contributed by atoms with Crippen molar-refractivity contribution < 1.29 is 5.11 Å². The third kappa shape index (κ3) is 4.20. The normalized spacial score (nSPS) is 22.4. The number of nitrogens with one attached hydrogen (secondary N) is 1. The summed E-state index contributed by atoms with van der Waals surface area (Å²) in [6, 6.07) is 4.24. The first-order valence-corrected chi connectivity index (χ1v) is 8.13. The minimum atomic E-state index is -0.146. The van der Waals surface area contributed by atoms with Crippen molar-refractivity contribution in [2.24, 2.45) is 5.11 Å².